The first-order valence-electron chi connectivity index (χ1n) is 22.3. The summed E-state index contributed by atoms with van der Waals surface area (Å²) in [5, 5.41) is 54.9. The predicted octanol–water partition coefficient (Wildman–Crippen LogP) is -0.143. The van der Waals surface area contributed by atoms with Crippen molar-refractivity contribution >= 4 is 76.8 Å². The van der Waals surface area contributed by atoms with Crippen LogP contribution in [0, 0.1) is 11.8 Å². The second-order valence-corrected chi connectivity index (χ2v) is 17.8. The number of benzene rings is 2. The molecule has 23 nitrogen and oxygen atoms in total. The minimum absolute atomic E-state index is 0.0105. The van der Waals surface area contributed by atoms with Gasteiger partial charge in [0.25, 0.3) is 0 Å². The van der Waals surface area contributed by atoms with Crippen molar-refractivity contribution in [3.8, 4) is 0 Å². The third-order valence-corrected chi connectivity index (χ3v) is 10.7. The third kappa shape index (κ3) is 21.4. The number of rotatable bonds is 30. The molecule has 70 heavy (non-hydrogen) atoms. The van der Waals surface area contributed by atoms with Crippen molar-refractivity contribution < 1.29 is 73.2 Å². The van der Waals surface area contributed by atoms with Crippen molar-refractivity contribution in [2.45, 2.75) is 134 Å². The number of hydrogen-bond donors (Lipinski definition) is 12. The molecule has 13 N–H and O–H groups in total. The van der Waals surface area contributed by atoms with Crippen LogP contribution in [0.25, 0.3) is 0 Å². The largest absolute Gasteiger partial charge is 0.481 e. The van der Waals surface area contributed by atoms with E-state index in [2.05, 4.69) is 37.2 Å². The Bertz CT molecular complexity index is 2190. The summed E-state index contributed by atoms with van der Waals surface area (Å²) >= 11 is 6.20. The highest BCUT2D eigenvalue weighted by molar-refractivity contribution is 6.30. The van der Waals surface area contributed by atoms with Crippen LogP contribution >= 0.6 is 11.6 Å². The molecule has 0 aliphatic rings. The summed E-state index contributed by atoms with van der Waals surface area (Å²) < 4.78 is 0. The zero-order valence-corrected chi connectivity index (χ0v) is 40.1. The molecule has 0 fully saturated rings. The Morgan fingerprint density at radius 2 is 1.01 bits per heavy atom. The van der Waals surface area contributed by atoms with Crippen LogP contribution in [-0.2, 0) is 65.6 Å². The van der Waals surface area contributed by atoms with Gasteiger partial charge in [-0.3, -0.25) is 47.9 Å². The number of carbonyl (C=O) groups is 11. The number of carboxylic acid groups (broad SMARTS) is 4. The van der Waals surface area contributed by atoms with Crippen LogP contribution in [0.15, 0.2) is 54.6 Å². The first-order chi connectivity index (χ1) is 32.8. The van der Waals surface area contributed by atoms with E-state index in [4.69, 9.17) is 22.4 Å². The van der Waals surface area contributed by atoms with Gasteiger partial charge in [-0.15, -0.1) is 0 Å². The van der Waals surface area contributed by atoms with E-state index < -0.39 is 145 Å². The van der Waals surface area contributed by atoms with Crippen LogP contribution in [-0.4, -0.2) is 134 Å². The molecule has 24 heteroatoms. The molecule has 0 saturated carbocycles. The molecule has 0 saturated heterocycles. The first kappa shape index (κ1) is 59.0. The molecule has 2 rings (SSSR count). The summed E-state index contributed by atoms with van der Waals surface area (Å²) in [6.07, 6.45) is -3.22. The maximum Gasteiger partial charge on any atom is 0.326 e. The molecule has 7 amide bonds. The molecule has 0 aliphatic heterocycles. The molecule has 0 unspecified atom stereocenters. The first-order valence-corrected chi connectivity index (χ1v) is 22.7. The van der Waals surface area contributed by atoms with Crippen LogP contribution in [0.2, 0.25) is 5.02 Å². The lowest BCUT2D eigenvalue weighted by Gasteiger charge is -2.28. The summed E-state index contributed by atoms with van der Waals surface area (Å²) in [7, 11) is 0. The summed E-state index contributed by atoms with van der Waals surface area (Å²) in [6.45, 7) is 7.85. The number of halogens is 1. The number of nitrogens with one attached hydrogen (secondary N) is 7. The molecule has 0 bridgehead atoms. The summed E-state index contributed by atoms with van der Waals surface area (Å²) in [5.41, 5.74) is 6.80. The lowest BCUT2D eigenvalue weighted by atomic mass is 9.98. The quantitative estimate of drug-likeness (QED) is 0.0484. The topological polar surface area (TPSA) is 379 Å². The number of nitrogens with two attached hydrogens (primary N) is 1. The van der Waals surface area contributed by atoms with Crippen LogP contribution in [0.5, 0.6) is 0 Å². The van der Waals surface area contributed by atoms with Gasteiger partial charge in [-0.2, -0.15) is 0 Å². The van der Waals surface area contributed by atoms with Crippen LogP contribution in [0.1, 0.15) is 84.3 Å². The molecule has 0 aliphatic carbocycles. The van der Waals surface area contributed by atoms with Gasteiger partial charge in [-0.05, 0) is 61.3 Å². The third-order valence-electron chi connectivity index (χ3n) is 10.5. The molecule has 384 valence electrons. The Morgan fingerprint density at radius 3 is 1.57 bits per heavy atom. The van der Waals surface area contributed by atoms with E-state index in [1.165, 1.54) is 6.07 Å². The highest BCUT2D eigenvalue weighted by atomic mass is 35.5. The number of carboxylic acids is 4. The van der Waals surface area contributed by atoms with Gasteiger partial charge < -0.3 is 63.4 Å². The standard InChI is InChI=1S/C46H63ClN8O15/c1-23(2)18-31(53-45(68)38(24(3)4)55-40(63)29(48)14-16-35(56)57)43(66)51-32(21-27-12-9-13-28(47)19-27)44(67)52-33(22-37(60)61)42(65)49-25(5)39(62)50-30(15-17-36(58)59)41(64)54-34(46(69)70)20-26-10-7-6-8-11-26/h6-13,19,23-25,29-34,38H,14-18,20-22,48H2,1-5H3,(H,49,65)(H,50,62)(H,51,66)(H,52,67)(H,53,68)(H,54,64)(H,55,63)(H,56,57)(H,58,59)(H,60,61)(H,69,70)/t25-,29-,30-,31-,32-,33-,34-,38-/m0/s1. The fourth-order valence-electron chi connectivity index (χ4n) is 6.74. The molecule has 0 radical (unpaired) electrons. The van der Waals surface area contributed by atoms with Crippen molar-refractivity contribution in [3.05, 3.63) is 70.7 Å². The summed E-state index contributed by atoms with van der Waals surface area (Å²) in [6, 6.07) is 2.45. The molecular weight excluding hydrogens is 940 g/mol. The van der Waals surface area contributed by atoms with E-state index in [9.17, 15) is 68.1 Å². The Balaban J connectivity index is 2.36. The zero-order chi connectivity index (χ0) is 52.8. The Kier molecular flexibility index (Phi) is 24.5. The Morgan fingerprint density at radius 1 is 0.514 bits per heavy atom. The minimum Gasteiger partial charge on any atom is -0.481 e. The molecule has 0 heterocycles. The number of amides is 7. The van der Waals surface area contributed by atoms with Crippen LogP contribution < -0.4 is 43.0 Å². The lowest BCUT2D eigenvalue weighted by molar-refractivity contribution is -0.143. The van der Waals surface area contributed by atoms with E-state index in [1.54, 1.807) is 76.2 Å². The van der Waals surface area contributed by atoms with Crippen molar-refractivity contribution in [2.24, 2.45) is 17.6 Å². The van der Waals surface area contributed by atoms with Crippen LogP contribution in [0.4, 0.5) is 0 Å². The second-order valence-electron chi connectivity index (χ2n) is 17.3. The molecule has 2 aromatic carbocycles. The van der Waals surface area contributed by atoms with E-state index in [0.717, 1.165) is 6.92 Å². The van der Waals surface area contributed by atoms with Crippen molar-refractivity contribution in [1.82, 2.24) is 37.2 Å². The van der Waals surface area contributed by atoms with Crippen molar-refractivity contribution in [1.29, 1.82) is 0 Å². The monoisotopic (exact) mass is 1000 g/mol. The van der Waals surface area contributed by atoms with E-state index in [-0.39, 0.29) is 36.6 Å². The predicted molar refractivity (Wildman–Crippen MR) is 250 cm³/mol. The van der Waals surface area contributed by atoms with Gasteiger partial charge >= 0.3 is 23.9 Å². The van der Waals surface area contributed by atoms with Crippen molar-refractivity contribution in [3.63, 3.8) is 0 Å². The average Bonchev–Trinajstić information content (AvgIpc) is 3.27. The maximum atomic E-state index is 14.1. The van der Waals surface area contributed by atoms with Gasteiger partial charge in [-0.1, -0.05) is 81.8 Å². The molecule has 2 aromatic rings. The number of hydrogen-bond acceptors (Lipinski definition) is 12. The van der Waals surface area contributed by atoms with Gasteiger partial charge in [0.1, 0.15) is 42.3 Å². The van der Waals surface area contributed by atoms with Gasteiger partial charge in [0.15, 0.2) is 0 Å². The summed E-state index contributed by atoms with van der Waals surface area (Å²) in [5.74, 6) is -13.2. The molecule has 8 atom stereocenters. The van der Waals surface area contributed by atoms with E-state index in [0.29, 0.717) is 11.1 Å². The molecule has 0 aromatic heterocycles. The molecular formula is C46H63ClN8O15. The lowest BCUT2D eigenvalue weighted by Crippen LogP contribution is -2.61. The Labute approximate surface area is 408 Å². The number of aliphatic carboxylic acids is 4. The van der Waals surface area contributed by atoms with Gasteiger partial charge in [0.05, 0.1) is 12.5 Å². The average molecular weight is 1000 g/mol. The van der Waals surface area contributed by atoms with E-state index in [1.807, 2.05) is 0 Å². The van der Waals surface area contributed by atoms with Gasteiger partial charge in [-0.25, -0.2) is 4.79 Å². The van der Waals surface area contributed by atoms with Crippen molar-refractivity contribution in [2.75, 3.05) is 0 Å². The van der Waals surface area contributed by atoms with Gasteiger partial charge in [0.2, 0.25) is 41.4 Å². The van der Waals surface area contributed by atoms with E-state index >= 15 is 0 Å². The zero-order valence-electron chi connectivity index (χ0n) is 39.4. The smallest absolute Gasteiger partial charge is 0.326 e. The second kappa shape index (κ2) is 29.0. The fourth-order valence-corrected chi connectivity index (χ4v) is 6.96. The SMILES string of the molecule is CC(C)C[C@H](NC(=O)[C@@H](NC(=O)[C@@H](N)CCC(=O)O)C(C)C)C(=O)N[C@@H](Cc1cccc(Cl)c1)C(=O)N[C@@H](CC(=O)O)C(=O)N[C@@H](C)C(=O)N[C@@H](CCC(=O)O)C(=O)N[C@@H](Cc1ccccc1)C(=O)O. The summed E-state index contributed by atoms with van der Waals surface area (Å²) in [4.78, 5) is 142. The maximum absolute atomic E-state index is 14.1. The van der Waals surface area contributed by atoms with Crippen LogP contribution in [0.3, 0.4) is 0 Å². The van der Waals surface area contributed by atoms with Gasteiger partial charge in [0, 0.05) is 30.7 Å². The number of carbonyl (C=O) groups excluding carboxylic acids is 7. The molecule has 0 spiro atoms. The Hall–Kier alpha value is -7.14. The highest BCUT2D eigenvalue weighted by Gasteiger charge is 2.35. The normalized spacial score (nSPS) is 14.5. The fraction of sp³-hybridized carbons (Fsp3) is 0.500. The highest BCUT2D eigenvalue weighted by Crippen LogP contribution is 2.15. The minimum atomic E-state index is -1.90.